The number of nitrogens with zero attached hydrogens (tertiary/aromatic N) is 3. The van der Waals surface area contributed by atoms with E-state index in [0.717, 1.165) is 22.6 Å². The van der Waals surface area contributed by atoms with Gasteiger partial charge in [-0.15, -0.1) is 0 Å². The molecule has 2 aromatic rings. The summed E-state index contributed by atoms with van der Waals surface area (Å²) in [5.41, 5.74) is 3.45. The van der Waals surface area contributed by atoms with Gasteiger partial charge in [-0.25, -0.2) is 9.97 Å². The standard InChI is InChI=1S/C18H20ClN3O/c1-11-7-13(19)5-6-14(11)16(23)22-9-12-8-20-17(18(2,3)4)21-15(12)10-22/h5-8H,9-10H2,1-4H3. The third-order valence-electron chi connectivity index (χ3n) is 4.03. The molecule has 4 nitrogen and oxygen atoms in total. The minimum Gasteiger partial charge on any atom is -0.328 e. The van der Waals surface area contributed by atoms with Gasteiger partial charge in [-0.2, -0.15) is 0 Å². The lowest BCUT2D eigenvalue weighted by atomic mass is 9.95. The van der Waals surface area contributed by atoms with Crippen LogP contribution in [-0.2, 0) is 18.5 Å². The third kappa shape index (κ3) is 3.08. The average Bonchev–Trinajstić information content (AvgIpc) is 2.88. The second-order valence-electron chi connectivity index (χ2n) is 7.04. The van der Waals surface area contributed by atoms with Gasteiger partial charge in [0.25, 0.3) is 5.91 Å². The van der Waals surface area contributed by atoms with Gasteiger partial charge < -0.3 is 4.90 Å². The van der Waals surface area contributed by atoms with Crippen LogP contribution in [0.15, 0.2) is 24.4 Å². The van der Waals surface area contributed by atoms with Crippen LogP contribution in [0, 0.1) is 6.92 Å². The molecule has 1 aromatic heterocycles. The van der Waals surface area contributed by atoms with E-state index in [1.165, 1.54) is 0 Å². The van der Waals surface area contributed by atoms with Crippen LogP contribution >= 0.6 is 11.6 Å². The third-order valence-corrected chi connectivity index (χ3v) is 4.27. The fourth-order valence-electron chi connectivity index (χ4n) is 2.70. The Morgan fingerprint density at radius 2 is 2.00 bits per heavy atom. The first-order chi connectivity index (χ1) is 10.8. The normalized spacial score (nSPS) is 14.0. The van der Waals surface area contributed by atoms with Gasteiger partial charge >= 0.3 is 0 Å². The molecule has 0 radical (unpaired) electrons. The molecular weight excluding hydrogens is 310 g/mol. The molecule has 2 heterocycles. The Kier molecular flexibility index (Phi) is 3.88. The van der Waals surface area contributed by atoms with Crippen molar-refractivity contribution in [3.63, 3.8) is 0 Å². The summed E-state index contributed by atoms with van der Waals surface area (Å²) in [6.07, 6.45) is 1.85. The van der Waals surface area contributed by atoms with Gasteiger partial charge in [0.1, 0.15) is 5.82 Å². The molecule has 0 saturated heterocycles. The first-order valence-corrected chi connectivity index (χ1v) is 8.04. The van der Waals surface area contributed by atoms with Crippen molar-refractivity contribution in [1.82, 2.24) is 14.9 Å². The van der Waals surface area contributed by atoms with E-state index in [1.807, 2.05) is 24.1 Å². The summed E-state index contributed by atoms with van der Waals surface area (Å²) in [5, 5.41) is 0.643. The molecule has 0 fully saturated rings. The molecule has 120 valence electrons. The minimum absolute atomic E-state index is 0.00877. The number of amides is 1. The monoisotopic (exact) mass is 329 g/mol. The topological polar surface area (TPSA) is 46.1 Å². The summed E-state index contributed by atoms with van der Waals surface area (Å²) in [6, 6.07) is 5.35. The SMILES string of the molecule is Cc1cc(Cl)ccc1C(=O)N1Cc2cnc(C(C)(C)C)nc2C1. The minimum atomic E-state index is -0.0980. The van der Waals surface area contributed by atoms with E-state index >= 15 is 0 Å². The summed E-state index contributed by atoms with van der Waals surface area (Å²) in [4.78, 5) is 23.7. The number of carbonyl (C=O) groups excluding carboxylic acids is 1. The molecule has 23 heavy (non-hydrogen) atoms. The van der Waals surface area contributed by atoms with E-state index in [9.17, 15) is 4.79 Å². The molecule has 1 amide bonds. The van der Waals surface area contributed by atoms with Crippen LogP contribution in [0.25, 0.3) is 0 Å². The highest BCUT2D eigenvalue weighted by Crippen LogP contribution is 2.26. The van der Waals surface area contributed by atoms with Crippen molar-refractivity contribution in [3.8, 4) is 0 Å². The lowest BCUT2D eigenvalue weighted by molar-refractivity contribution is 0.0749. The summed E-state index contributed by atoms with van der Waals surface area (Å²) >= 11 is 5.97. The zero-order valence-electron chi connectivity index (χ0n) is 13.9. The zero-order chi connectivity index (χ0) is 16.8. The summed E-state index contributed by atoms with van der Waals surface area (Å²) < 4.78 is 0. The van der Waals surface area contributed by atoms with E-state index in [1.54, 1.807) is 12.1 Å². The largest absolute Gasteiger partial charge is 0.328 e. The van der Waals surface area contributed by atoms with Gasteiger partial charge in [0.15, 0.2) is 0 Å². The number of fused-ring (bicyclic) bond motifs is 1. The lowest BCUT2D eigenvalue weighted by Crippen LogP contribution is -2.26. The predicted octanol–water partition coefficient (Wildman–Crippen LogP) is 3.89. The first kappa shape index (κ1) is 15.9. The highest BCUT2D eigenvalue weighted by Gasteiger charge is 2.28. The summed E-state index contributed by atoms with van der Waals surface area (Å²) in [7, 11) is 0. The van der Waals surface area contributed by atoms with Crippen LogP contribution in [0.2, 0.25) is 5.02 Å². The van der Waals surface area contributed by atoms with Crippen molar-refractivity contribution >= 4 is 17.5 Å². The smallest absolute Gasteiger partial charge is 0.254 e. The van der Waals surface area contributed by atoms with Gasteiger partial charge in [-0.1, -0.05) is 32.4 Å². The Bertz CT molecular complexity index is 780. The Hall–Kier alpha value is -1.94. The first-order valence-electron chi connectivity index (χ1n) is 7.66. The van der Waals surface area contributed by atoms with Crippen LogP contribution in [0.4, 0.5) is 0 Å². The summed E-state index contributed by atoms with van der Waals surface area (Å²) in [6.45, 7) is 9.25. The molecule has 0 atom stereocenters. The number of carbonyl (C=O) groups is 1. The number of benzene rings is 1. The van der Waals surface area contributed by atoms with Crippen molar-refractivity contribution < 1.29 is 4.79 Å². The van der Waals surface area contributed by atoms with Crippen molar-refractivity contribution in [1.29, 1.82) is 0 Å². The van der Waals surface area contributed by atoms with Crippen LogP contribution in [0.1, 0.15) is 53.8 Å². The van der Waals surface area contributed by atoms with Gasteiger partial charge in [0.05, 0.1) is 12.2 Å². The van der Waals surface area contributed by atoms with E-state index in [4.69, 9.17) is 11.6 Å². The Labute approximate surface area is 141 Å². The molecule has 1 aliphatic heterocycles. The van der Waals surface area contributed by atoms with Crippen molar-refractivity contribution in [2.24, 2.45) is 0 Å². The average molecular weight is 330 g/mol. The highest BCUT2D eigenvalue weighted by molar-refractivity contribution is 6.30. The number of hydrogen-bond donors (Lipinski definition) is 0. The molecular formula is C18H20ClN3O. The van der Waals surface area contributed by atoms with Crippen LogP contribution in [-0.4, -0.2) is 20.8 Å². The van der Waals surface area contributed by atoms with Gasteiger partial charge in [-0.05, 0) is 30.7 Å². The molecule has 0 saturated carbocycles. The maximum atomic E-state index is 12.8. The van der Waals surface area contributed by atoms with Crippen LogP contribution in [0.5, 0.6) is 0 Å². The molecule has 5 heteroatoms. The Balaban J connectivity index is 1.85. The predicted molar refractivity (Wildman–Crippen MR) is 90.5 cm³/mol. The number of halogens is 1. The molecule has 1 aliphatic rings. The maximum absolute atomic E-state index is 12.8. The van der Waals surface area contributed by atoms with E-state index in [-0.39, 0.29) is 11.3 Å². The van der Waals surface area contributed by atoms with Crippen molar-refractivity contribution in [2.75, 3.05) is 0 Å². The molecule has 0 N–H and O–H groups in total. The quantitative estimate of drug-likeness (QED) is 0.797. The van der Waals surface area contributed by atoms with Crippen LogP contribution < -0.4 is 0 Å². The molecule has 0 aliphatic carbocycles. The Morgan fingerprint density at radius 3 is 2.65 bits per heavy atom. The Morgan fingerprint density at radius 1 is 1.26 bits per heavy atom. The molecule has 3 rings (SSSR count). The molecule has 0 bridgehead atoms. The number of aromatic nitrogens is 2. The highest BCUT2D eigenvalue weighted by atomic mass is 35.5. The lowest BCUT2D eigenvalue weighted by Gasteiger charge is -2.17. The fourth-order valence-corrected chi connectivity index (χ4v) is 2.92. The zero-order valence-corrected chi connectivity index (χ0v) is 14.6. The molecule has 0 spiro atoms. The van der Waals surface area contributed by atoms with E-state index in [0.29, 0.717) is 23.7 Å². The van der Waals surface area contributed by atoms with Crippen molar-refractivity contribution in [2.45, 2.75) is 46.2 Å². The van der Waals surface area contributed by atoms with E-state index in [2.05, 4.69) is 30.7 Å². The number of aryl methyl sites for hydroxylation is 1. The van der Waals surface area contributed by atoms with Gasteiger partial charge in [0, 0.05) is 34.3 Å². The fraction of sp³-hybridized carbons (Fsp3) is 0.389. The second kappa shape index (κ2) is 5.60. The van der Waals surface area contributed by atoms with Crippen molar-refractivity contribution in [3.05, 3.63) is 57.6 Å². The number of rotatable bonds is 1. The molecule has 1 aromatic carbocycles. The maximum Gasteiger partial charge on any atom is 0.254 e. The van der Waals surface area contributed by atoms with E-state index < -0.39 is 0 Å². The summed E-state index contributed by atoms with van der Waals surface area (Å²) in [5.74, 6) is 0.822. The molecule has 0 unspecified atom stereocenters. The van der Waals surface area contributed by atoms with Crippen LogP contribution in [0.3, 0.4) is 0 Å². The van der Waals surface area contributed by atoms with Gasteiger partial charge in [-0.3, -0.25) is 4.79 Å². The number of hydrogen-bond acceptors (Lipinski definition) is 3. The second-order valence-corrected chi connectivity index (χ2v) is 7.47. The van der Waals surface area contributed by atoms with Gasteiger partial charge in [0.2, 0.25) is 0 Å².